The molecule has 0 aromatic carbocycles. The topological polar surface area (TPSA) is 145 Å². The van der Waals surface area contributed by atoms with Gasteiger partial charge in [0.2, 0.25) is 17.7 Å². The number of carbonyl (C=O) groups excluding carboxylic acids is 3. The third kappa shape index (κ3) is 8.15. The van der Waals surface area contributed by atoms with Gasteiger partial charge in [0.1, 0.15) is 18.1 Å². The van der Waals surface area contributed by atoms with E-state index in [1.54, 1.807) is 0 Å². The van der Waals surface area contributed by atoms with Crippen molar-refractivity contribution in [2.24, 2.45) is 5.92 Å². The Morgan fingerprint density at radius 2 is 1.43 bits per heavy atom. The van der Waals surface area contributed by atoms with Crippen molar-refractivity contribution in [3.63, 3.8) is 0 Å². The maximum Gasteiger partial charge on any atom is 0.325 e. The van der Waals surface area contributed by atoms with Crippen molar-refractivity contribution in [1.29, 1.82) is 0 Å². The molecule has 0 unspecified atom stereocenters. The number of hydrogen-bond acceptors (Lipinski definition) is 5. The number of carbonyl (C=O) groups is 4. The van der Waals surface area contributed by atoms with Gasteiger partial charge in [0.15, 0.2) is 0 Å². The van der Waals surface area contributed by atoms with Gasteiger partial charge >= 0.3 is 5.97 Å². The van der Waals surface area contributed by atoms with Crippen molar-refractivity contribution in [1.82, 2.24) is 16.0 Å². The van der Waals surface area contributed by atoms with Crippen molar-refractivity contribution in [2.45, 2.75) is 52.2 Å². The fourth-order valence-electron chi connectivity index (χ4n) is 1.79. The highest BCUT2D eigenvalue weighted by Crippen LogP contribution is 2.05. The average Bonchev–Trinajstić information content (AvgIpc) is 2.42. The van der Waals surface area contributed by atoms with Gasteiger partial charge in [-0.25, -0.2) is 0 Å². The zero-order valence-corrected chi connectivity index (χ0v) is 13.8. The normalized spacial score (nSPS) is 14.5. The highest BCUT2D eigenvalue weighted by molar-refractivity contribution is 5.93. The molecular weight excluding hydrogens is 306 g/mol. The highest BCUT2D eigenvalue weighted by Gasteiger charge is 2.27. The van der Waals surface area contributed by atoms with E-state index in [1.165, 1.54) is 13.8 Å². The van der Waals surface area contributed by atoms with Crippen LogP contribution in [0.3, 0.4) is 0 Å². The van der Waals surface area contributed by atoms with Crippen LogP contribution in [0.1, 0.15) is 34.1 Å². The van der Waals surface area contributed by atoms with E-state index in [1.807, 2.05) is 13.8 Å². The first-order chi connectivity index (χ1) is 10.6. The Kier molecular flexibility index (Phi) is 8.86. The Bertz CT molecular complexity index is 452. The summed E-state index contributed by atoms with van der Waals surface area (Å²) in [7, 11) is 0. The zero-order chi connectivity index (χ0) is 18.2. The van der Waals surface area contributed by atoms with E-state index in [2.05, 4.69) is 16.0 Å². The average molecular weight is 331 g/mol. The first-order valence-electron chi connectivity index (χ1n) is 7.30. The van der Waals surface area contributed by atoms with Crippen LogP contribution in [-0.4, -0.2) is 58.6 Å². The Hall–Kier alpha value is -2.16. The van der Waals surface area contributed by atoms with Crippen molar-refractivity contribution in [2.75, 3.05) is 6.61 Å². The van der Waals surface area contributed by atoms with Crippen molar-refractivity contribution >= 4 is 23.7 Å². The molecule has 0 rings (SSSR count). The molecule has 3 amide bonds. The number of rotatable bonds is 9. The molecule has 0 fully saturated rings. The van der Waals surface area contributed by atoms with E-state index in [0.717, 1.165) is 0 Å². The van der Waals surface area contributed by atoms with Crippen LogP contribution in [0.5, 0.6) is 0 Å². The van der Waals surface area contributed by atoms with Gasteiger partial charge in [-0.05, 0) is 19.3 Å². The van der Waals surface area contributed by atoms with Gasteiger partial charge in [-0.2, -0.15) is 0 Å². The Morgan fingerprint density at radius 3 is 1.83 bits per heavy atom. The van der Waals surface area contributed by atoms with Crippen LogP contribution >= 0.6 is 0 Å². The number of aliphatic hydroxyl groups excluding tert-OH is 1. The van der Waals surface area contributed by atoms with Gasteiger partial charge in [0, 0.05) is 6.92 Å². The molecule has 9 nitrogen and oxygen atoms in total. The molecule has 9 heteroatoms. The number of aliphatic carboxylic acids is 1. The lowest BCUT2D eigenvalue weighted by atomic mass is 10.0. The van der Waals surface area contributed by atoms with Crippen LogP contribution in [-0.2, 0) is 19.2 Å². The van der Waals surface area contributed by atoms with Crippen LogP contribution in [0.4, 0.5) is 0 Å². The van der Waals surface area contributed by atoms with Gasteiger partial charge in [-0.3, -0.25) is 19.2 Å². The molecule has 0 bridgehead atoms. The zero-order valence-electron chi connectivity index (χ0n) is 13.8. The minimum atomic E-state index is -1.30. The molecule has 0 aliphatic carbocycles. The summed E-state index contributed by atoms with van der Waals surface area (Å²) in [5.74, 6) is -2.95. The number of aliphatic hydroxyl groups is 1. The summed E-state index contributed by atoms with van der Waals surface area (Å²) >= 11 is 0. The molecule has 0 aliphatic rings. The lowest BCUT2D eigenvalue weighted by Crippen LogP contribution is -2.56. The number of amides is 3. The maximum atomic E-state index is 12.2. The molecule has 132 valence electrons. The molecule has 0 spiro atoms. The first kappa shape index (κ1) is 20.8. The standard InChI is InChI=1S/C14H25N3O6/c1-7(2)5-10(16-9(4)19)12(20)17-11(6-18)13(21)15-8(3)14(22)23/h7-8,10-11,18H,5-6H2,1-4H3,(H,15,21)(H,16,19)(H,17,20)(H,22,23)/t8-,10-,11-/m0/s1. The quantitative estimate of drug-likeness (QED) is 0.351. The second kappa shape index (κ2) is 9.78. The Balaban J connectivity index is 4.85. The lowest BCUT2D eigenvalue weighted by Gasteiger charge is -2.23. The van der Waals surface area contributed by atoms with Gasteiger partial charge in [0.25, 0.3) is 0 Å². The van der Waals surface area contributed by atoms with Crippen LogP contribution in [0, 0.1) is 5.92 Å². The molecule has 0 saturated carbocycles. The second-order valence-corrected chi connectivity index (χ2v) is 5.69. The Morgan fingerprint density at radius 1 is 0.913 bits per heavy atom. The predicted molar refractivity (Wildman–Crippen MR) is 81.3 cm³/mol. The Labute approximate surface area is 134 Å². The minimum Gasteiger partial charge on any atom is -0.480 e. The third-order valence-electron chi connectivity index (χ3n) is 2.95. The van der Waals surface area contributed by atoms with Gasteiger partial charge in [-0.1, -0.05) is 13.8 Å². The minimum absolute atomic E-state index is 0.117. The largest absolute Gasteiger partial charge is 0.480 e. The van der Waals surface area contributed by atoms with Crippen molar-refractivity contribution in [3.8, 4) is 0 Å². The summed E-state index contributed by atoms with van der Waals surface area (Å²) in [6, 6.07) is -3.30. The molecule has 0 aromatic rings. The summed E-state index contributed by atoms with van der Waals surface area (Å²) in [6.07, 6.45) is 0.358. The summed E-state index contributed by atoms with van der Waals surface area (Å²) < 4.78 is 0. The smallest absolute Gasteiger partial charge is 0.325 e. The van der Waals surface area contributed by atoms with Crippen LogP contribution in [0.15, 0.2) is 0 Å². The number of carboxylic acid groups (broad SMARTS) is 1. The van der Waals surface area contributed by atoms with Gasteiger partial charge in [0.05, 0.1) is 6.61 Å². The SMILES string of the molecule is CC(=O)N[C@@H](CC(C)C)C(=O)N[C@@H](CO)C(=O)N[C@@H](C)C(=O)O. The van der Waals surface area contributed by atoms with E-state index in [-0.39, 0.29) is 5.92 Å². The number of nitrogens with one attached hydrogen (secondary N) is 3. The summed E-state index contributed by atoms with van der Waals surface area (Å²) in [5.41, 5.74) is 0. The summed E-state index contributed by atoms with van der Waals surface area (Å²) in [5, 5.41) is 24.9. The molecule has 23 heavy (non-hydrogen) atoms. The monoisotopic (exact) mass is 331 g/mol. The molecule has 0 radical (unpaired) electrons. The van der Waals surface area contributed by atoms with Gasteiger partial charge < -0.3 is 26.2 Å². The van der Waals surface area contributed by atoms with Crippen molar-refractivity contribution < 1.29 is 29.4 Å². The third-order valence-corrected chi connectivity index (χ3v) is 2.95. The summed E-state index contributed by atoms with van der Waals surface area (Å²) in [4.78, 5) is 45.9. The molecule has 0 heterocycles. The van der Waals surface area contributed by atoms with Crippen molar-refractivity contribution in [3.05, 3.63) is 0 Å². The van der Waals surface area contributed by atoms with E-state index in [0.29, 0.717) is 6.42 Å². The fraction of sp³-hybridized carbons (Fsp3) is 0.714. The second-order valence-electron chi connectivity index (χ2n) is 5.69. The van der Waals surface area contributed by atoms with Crippen LogP contribution in [0.2, 0.25) is 0 Å². The molecule has 0 saturated heterocycles. The van der Waals surface area contributed by atoms with Crippen LogP contribution in [0.25, 0.3) is 0 Å². The fourth-order valence-corrected chi connectivity index (χ4v) is 1.79. The summed E-state index contributed by atoms with van der Waals surface area (Å²) in [6.45, 7) is 5.57. The van der Waals surface area contributed by atoms with E-state index in [9.17, 15) is 24.3 Å². The van der Waals surface area contributed by atoms with Gasteiger partial charge in [-0.15, -0.1) is 0 Å². The van der Waals surface area contributed by atoms with Crippen LogP contribution < -0.4 is 16.0 Å². The molecule has 3 atom stereocenters. The first-order valence-corrected chi connectivity index (χ1v) is 7.30. The van der Waals surface area contributed by atoms with E-state index >= 15 is 0 Å². The predicted octanol–water partition coefficient (Wildman–Crippen LogP) is -1.40. The highest BCUT2D eigenvalue weighted by atomic mass is 16.4. The number of hydrogen-bond donors (Lipinski definition) is 5. The van der Waals surface area contributed by atoms with E-state index < -0.39 is 48.4 Å². The molecular formula is C14H25N3O6. The lowest BCUT2D eigenvalue weighted by molar-refractivity contribution is -0.142. The molecule has 0 aliphatic heterocycles. The molecule has 0 aromatic heterocycles. The number of carboxylic acids is 1. The van der Waals surface area contributed by atoms with E-state index in [4.69, 9.17) is 5.11 Å². The molecule has 5 N–H and O–H groups in total. The maximum absolute atomic E-state index is 12.2.